The first-order chi connectivity index (χ1) is 15.5. The Kier molecular flexibility index (Phi) is 9.87. The summed E-state index contributed by atoms with van der Waals surface area (Å²) >= 11 is 0. The Morgan fingerprint density at radius 1 is 0.812 bits per heavy atom. The molecule has 1 heterocycles. The molecule has 3 rings (SSSR count). The highest BCUT2D eigenvalue weighted by Crippen LogP contribution is 2.74. The molecule has 186 valence electrons. The largest absolute Gasteiger partial charge is 0.468 e. The minimum atomic E-state index is -0.778. The monoisotopic (exact) mass is 452 g/mol. The van der Waals surface area contributed by atoms with Crippen molar-refractivity contribution in [3.05, 3.63) is 0 Å². The van der Waals surface area contributed by atoms with Gasteiger partial charge in [-0.1, -0.05) is 89.9 Å². The smallest absolute Gasteiger partial charge is 0.293 e. The van der Waals surface area contributed by atoms with E-state index < -0.39 is 11.2 Å². The predicted octanol–water partition coefficient (Wildman–Crippen LogP) is 5.83. The molecule has 0 radical (unpaired) electrons. The molecule has 0 aromatic heterocycles. The minimum Gasteiger partial charge on any atom is -0.468 e. The van der Waals surface area contributed by atoms with Crippen LogP contribution in [0.5, 0.6) is 0 Å². The Bertz CT molecular complexity index is 568. The Morgan fingerprint density at radius 2 is 1.31 bits per heavy atom. The second-order valence-electron chi connectivity index (χ2n) is 11.2. The highest BCUT2D eigenvalue weighted by Gasteiger charge is 2.82. The standard InChI is InChI=1S/C27H48O5/c1-23-19-26(29)20-25(21-27(25,30)24(26)32-23)17-15-13-11-9-7-5-3-2-4-6-8-10-12-14-16-18-31-22-28/h22-24,29-30H,2-21H2,1H3/t23-,24-,25+,26+,27-/m0/s1. The molecule has 0 spiro atoms. The number of unbranched alkanes of at least 4 members (excludes halogenated alkanes) is 14. The number of aliphatic hydroxyl groups is 2. The molecule has 1 saturated heterocycles. The summed E-state index contributed by atoms with van der Waals surface area (Å²) in [4.78, 5) is 10.0. The lowest BCUT2D eigenvalue weighted by atomic mass is 9.87. The summed E-state index contributed by atoms with van der Waals surface area (Å²) in [6.07, 6.45) is 22.4. The topological polar surface area (TPSA) is 76.0 Å². The zero-order valence-electron chi connectivity index (χ0n) is 20.5. The van der Waals surface area contributed by atoms with Crippen molar-refractivity contribution in [2.24, 2.45) is 5.41 Å². The molecule has 0 aromatic carbocycles. The van der Waals surface area contributed by atoms with Crippen LogP contribution >= 0.6 is 0 Å². The van der Waals surface area contributed by atoms with Crippen molar-refractivity contribution in [2.75, 3.05) is 6.61 Å². The van der Waals surface area contributed by atoms with E-state index in [9.17, 15) is 15.0 Å². The first-order valence-electron chi connectivity index (χ1n) is 13.6. The highest BCUT2D eigenvalue weighted by atomic mass is 16.5. The third-order valence-electron chi connectivity index (χ3n) is 8.46. The second kappa shape index (κ2) is 12.2. The lowest BCUT2D eigenvalue weighted by Gasteiger charge is -2.25. The number of hydrogen-bond donors (Lipinski definition) is 2. The molecular weight excluding hydrogens is 404 g/mol. The van der Waals surface area contributed by atoms with Crippen LogP contribution < -0.4 is 0 Å². The minimum absolute atomic E-state index is 0.0582. The van der Waals surface area contributed by atoms with Gasteiger partial charge >= 0.3 is 0 Å². The van der Waals surface area contributed by atoms with E-state index in [1.807, 2.05) is 6.92 Å². The van der Waals surface area contributed by atoms with Gasteiger partial charge in [-0.3, -0.25) is 4.79 Å². The van der Waals surface area contributed by atoms with Gasteiger partial charge in [-0.2, -0.15) is 0 Å². The molecule has 3 aliphatic rings. The van der Waals surface area contributed by atoms with E-state index in [0.717, 1.165) is 25.7 Å². The molecule has 2 saturated carbocycles. The number of rotatable bonds is 19. The zero-order chi connectivity index (χ0) is 22.9. The molecular formula is C27H48O5. The van der Waals surface area contributed by atoms with E-state index in [-0.39, 0.29) is 17.6 Å². The first-order valence-corrected chi connectivity index (χ1v) is 13.6. The summed E-state index contributed by atoms with van der Waals surface area (Å²) in [7, 11) is 0. The fourth-order valence-corrected chi connectivity index (χ4v) is 6.77. The molecule has 3 fully saturated rings. The van der Waals surface area contributed by atoms with Crippen molar-refractivity contribution in [2.45, 2.75) is 152 Å². The fourth-order valence-electron chi connectivity index (χ4n) is 6.77. The number of fused-ring (bicyclic) bond motifs is 3. The lowest BCUT2D eigenvalue weighted by Crippen LogP contribution is -2.42. The number of carbonyl (C=O) groups excluding carboxylic acids is 1. The van der Waals surface area contributed by atoms with E-state index in [1.165, 1.54) is 89.9 Å². The maximum atomic E-state index is 11.0. The SMILES string of the molecule is C[C@H]1C[C@@]2(O)C[C@]3(CCCCCCCCCCCCCCCCCOC=O)C[C@]3(O)[C@H]2O1. The van der Waals surface area contributed by atoms with Crippen molar-refractivity contribution in [1.82, 2.24) is 0 Å². The quantitative estimate of drug-likeness (QED) is 0.190. The van der Waals surface area contributed by atoms with Crippen LogP contribution in [0.4, 0.5) is 0 Å². The number of ether oxygens (including phenoxy) is 2. The summed E-state index contributed by atoms with van der Waals surface area (Å²) in [6.45, 7) is 3.12. The van der Waals surface area contributed by atoms with Gasteiger partial charge in [0.1, 0.15) is 11.7 Å². The fraction of sp³-hybridized carbons (Fsp3) is 0.963. The number of carbonyl (C=O) groups is 1. The van der Waals surface area contributed by atoms with Crippen LogP contribution in [0.2, 0.25) is 0 Å². The van der Waals surface area contributed by atoms with Crippen LogP contribution in [-0.4, -0.2) is 46.7 Å². The van der Waals surface area contributed by atoms with E-state index in [4.69, 9.17) is 9.47 Å². The van der Waals surface area contributed by atoms with Crippen molar-refractivity contribution < 1.29 is 24.5 Å². The van der Waals surface area contributed by atoms with Crippen LogP contribution in [0.25, 0.3) is 0 Å². The second-order valence-corrected chi connectivity index (χ2v) is 11.2. The first kappa shape index (κ1) is 26.0. The summed E-state index contributed by atoms with van der Waals surface area (Å²) in [6, 6.07) is 0. The van der Waals surface area contributed by atoms with Gasteiger partial charge in [0, 0.05) is 11.8 Å². The van der Waals surface area contributed by atoms with Gasteiger partial charge in [0.2, 0.25) is 0 Å². The van der Waals surface area contributed by atoms with Gasteiger partial charge in [0.25, 0.3) is 6.47 Å². The average molecular weight is 453 g/mol. The van der Waals surface area contributed by atoms with E-state index in [0.29, 0.717) is 19.5 Å². The van der Waals surface area contributed by atoms with Gasteiger partial charge < -0.3 is 19.7 Å². The van der Waals surface area contributed by atoms with E-state index in [2.05, 4.69) is 0 Å². The van der Waals surface area contributed by atoms with Crippen molar-refractivity contribution in [1.29, 1.82) is 0 Å². The van der Waals surface area contributed by atoms with Crippen LogP contribution in [0.3, 0.4) is 0 Å². The lowest BCUT2D eigenvalue weighted by molar-refractivity contribution is -0.128. The Balaban J connectivity index is 1.08. The normalized spacial score (nSPS) is 35.0. The summed E-state index contributed by atoms with van der Waals surface area (Å²) in [5.41, 5.74) is -1.59. The molecule has 32 heavy (non-hydrogen) atoms. The van der Waals surface area contributed by atoms with Crippen LogP contribution in [-0.2, 0) is 14.3 Å². The Morgan fingerprint density at radius 3 is 1.81 bits per heavy atom. The van der Waals surface area contributed by atoms with Crippen LogP contribution in [0.1, 0.15) is 129 Å². The van der Waals surface area contributed by atoms with Gasteiger partial charge in [0.05, 0.1) is 18.3 Å². The Hall–Kier alpha value is -0.650. The maximum Gasteiger partial charge on any atom is 0.293 e. The van der Waals surface area contributed by atoms with Crippen molar-refractivity contribution in [3.63, 3.8) is 0 Å². The van der Waals surface area contributed by atoms with E-state index >= 15 is 0 Å². The summed E-state index contributed by atoms with van der Waals surface area (Å²) < 4.78 is 10.6. The summed E-state index contributed by atoms with van der Waals surface area (Å²) in [5.74, 6) is 0. The molecule has 5 nitrogen and oxygen atoms in total. The van der Waals surface area contributed by atoms with E-state index in [1.54, 1.807) is 0 Å². The molecule has 0 amide bonds. The third-order valence-corrected chi connectivity index (χ3v) is 8.46. The van der Waals surface area contributed by atoms with Gasteiger partial charge in [-0.05, 0) is 32.6 Å². The average Bonchev–Trinajstić information content (AvgIpc) is 3.11. The molecule has 1 aliphatic heterocycles. The zero-order valence-corrected chi connectivity index (χ0v) is 20.5. The third kappa shape index (κ3) is 6.48. The van der Waals surface area contributed by atoms with Crippen LogP contribution in [0.15, 0.2) is 0 Å². The molecule has 0 bridgehead atoms. The number of hydrogen-bond acceptors (Lipinski definition) is 5. The maximum absolute atomic E-state index is 11.0. The Labute approximate surface area is 195 Å². The summed E-state index contributed by atoms with van der Waals surface area (Å²) in [5, 5.41) is 21.9. The van der Waals surface area contributed by atoms with Gasteiger partial charge in [-0.15, -0.1) is 0 Å². The predicted molar refractivity (Wildman–Crippen MR) is 126 cm³/mol. The van der Waals surface area contributed by atoms with Crippen molar-refractivity contribution in [3.8, 4) is 0 Å². The molecule has 5 heteroatoms. The molecule has 0 unspecified atom stereocenters. The van der Waals surface area contributed by atoms with Crippen LogP contribution in [0, 0.1) is 5.41 Å². The highest BCUT2D eigenvalue weighted by molar-refractivity contribution is 5.36. The molecule has 2 aliphatic carbocycles. The van der Waals surface area contributed by atoms with Gasteiger partial charge in [0.15, 0.2) is 0 Å². The van der Waals surface area contributed by atoms with Crippen molar-refractivity contribution >= 4 is 6.47 Å². The molecule has 2 N–H and O–H groups in total. The molecule has 5 atom stereocenters. The van der Waals surface area contributed by atoms with Gasteiger partial charge in [-0.25, -0.2) is 0 Å². The molecule has 0 aromatic rings.